The molecule has 0 radical (unpaired) electrons. The van der Waals surface area contributed by atoms with Crippen molar-refractivity contribution in [2.24, 2.45) is 4.99 Å². The van der Waals surface area contributed by atoms with Crippen molar-refractivity contribution in [3.8, 4) is 22.8 Å². The van der Waals surface area contributed by atoms with Crippen LogP contribution in [-0.4, -0.2) is 44.0 Å². The van der Waals surface area contributed by atoms with Gasteiger partial charge in [0, 0.05) is 17.3 Å². The molecule has 3 amide bonds. The van der Waals surface area contributed by atoms with Crippen LogP contribution in [0.4, 0.5) is 28.0 Å². The van der Waals surface area contributed by atoms with Crippen molar-refractivity contribution in [2.75, 3.05) is 10.7 Å². The zero-order valence-electron chi connectivity index (χ0n) is 23.5. The molecule has 0 atom stereocenters. The first-order valence-corrected chi connectivity index (χ1v) is 14.0. The number of nitrogens with one attached hydrogen (secondary N) is 1. The third-order valence-electron chi connectivity index (χ3n) is 6.39. The van der Waals surface area contributed by atoms with Gasteiger partial charge in [0.2, 0.25) is 5.91 Å². The van der Waals surface area contributed by atoms with Crippen LogP contribution >= 0.6 is 11.8 Å². The molecule has 1 aromatic heterocycles. The third-order valence-corrected chi connectivity index (χ3v) is 7.31. The number of hydrogen-bond acceptors (Lipinski definition) is 6. The van der Waals surface area contributed by atoms with Gasteiger partial charge in [0.05, 0.1) is 17.1 Å². The number of rotatable bonds is 6. The SMILES string of the molecule is Cc1cc(C)c(N2C(=O)CSC2=NC(=O)N/C=C(\F)c2ccc(-c3ncn(-c4ccc(OC(F)(F)F)cc4)n3)cc2)c(C)c1. The largest absolute Gasteiger partial charge is 0.573 e. The Kier molecular flexibility index (Phi) is 8.54. The first-order valence-electron chi connectivity index (χ1n) is 13.0. The van der Waals surface area contributed by atoms with Crippen LogP contribution in [0.1, 0.15) is 22.3 Å². The number of alkyl halides is 3. The van der Waals surface area contributed by atoms with E-state index < -0.39 is 18.2 Å². The molecule has 1 aliphatic heterocycles. The Morgan fingerprint density at radius 2 is 1.70 bits per heavy atom. The van der Waals surface area contributed by atoms with Gasteiger partial charge in [-0.2, -0.15) is 4.99 Å². The molecule has 44 heavy (non-hydrogen) atoms. The van der Waals surface area contributed by atoms with Crippen LogP contribution in [0, 0.1) is 20.8 Å². The fourth-order valence-corrected chi connectivity index (χ4v) is 5.47. The lowest BCUT2D eigenvalue weighted by atomic mass is 10.0. The normalized spacial score (nSPS) is 14.8. The van der Waals surface area contributed by atoms with Crippen molar-refractivity contribution in [2.45, 2.75) is 27.1 Å². The molecule has 14 heteroatoms. The predicted molar refractivity (Wildman–Crippen MR) is 159 cm³/mol. The van der Waals surface area contributed by atoms with Crippen molar-refractivity contribution in [1.82, 2.24) is 20.1 Å². The molecule has 0 spiro atoms. The number of urea groups is 1. The standard InChI is InChI=1S/C30H24F4N6O3S/c1-17-12-18(2)26(19(3)13-17)40-25(41)15-44-29(40)37-28(42)35-14-24(31)20-4-6-21(7-5-20)27-36-16-39(38-27)22-8-10-23(11-9-22)43-30(32,33)34/h4-14,16H,15H2,1-3H3,(H,35,42)/b24-14-,37-29?. The number of halogens is 4. The van der Waals surface area contributed by atoms with Crippen LogP contribution in [0.5, 0.6) is 5.75 Å². The fraction of sp³-hybridized carbons (Fsp3) is 0.167. The van der Waals surface area contributed by atoms with Gasteiger partial charge in [-0.15, -0.1) is 18.3 Å². The van der Waals surface area contributed by atoms with E-state index in [1.807, 2.05) is 32.9 Å². The minimum atomic E-state index is -4.79. The zero-order chi connectivity index (χ0) is 31.6. The highest BCUT2D eigenvalue weighted by Gasteiger charge is 2.33. The van der Waals surface area contributed by atoms with E-state index in [1.54, 1.807) is 12.1 Å². The van der Waals surface area contributed by atoms with E-state index in [4.69, 9.17) is 0 Å². The Morgan fingerprint density at radius 3 is 2.34 bits per heavy atom. The number of hydrogen-bond donors (Lipinski definition) is 1. The van der Waals surface area contributed by atoms with Gasteiger partial charge in [0.1, 0.15) is 17.9 Å². The lowest BCUT2D eigenvalue weighted by Crippen LogP contribution is -2.32. The molecule has 9 nitrogen and oxygen atoms in total. The van der Waals surface area contributed by atoms with E-state index in [0.29, 0.717) is 22.8 Å². The molecule has 5 rings (SSSR count). The summed E-state index contributed by atoms with van der Waals surface area (Å²) in [6.45, 7) is 5.72. The summed E-state index contributed by atoms with van der Waals surface area (Å²) >= 11 is 1.13. The molecule has 0 saturated carbocycles. The maximum Gasteiger partial charge on any atom is 0.573 e. The third kappa shape index (κ3) is 6.97. The fourth-order valence-electron chi connectivity index (χ4n) is 4.62. The maximum atomic E-state index is 14.9. The van der Waals surface area contributed by atoms with Gasteiger partial charge in [-0.05, 0) is 56.2 Å². The molecule has 2 heterocycles. The number of aryl methyl sites for hydroxylation is 3. The minimum absolute atomic E-state index is 0.131. The van der Waals surface area contributed by atoms with Crippen molar-refractivity contribution in [1.29, 1.82) is 0 Å². The smallest absolute Gasteiger partial charge is 0.406 e. The van der Waals surface area contributed by atoms with Crippen LogP contribution in [-0.2, 0) is 4.79 Å². The summed E-state index contributed by atoms with van der Waals surface area (Å²) in [6.07, 6.45) is -2.52. The highest BCUT2D eigenvalue weighted by Crippen LogP contribution is 2.33. The van der Waals surface area contributed by atoms with Crippen LogP contribution in [0.25, 0.3) is 22.9 Å². The molecule has 0 bridgehead atoms. The summed E-state index contributed by atoms with van der Waals surface area (Å²) in [6, 6.07) is 14.3. The van der Waals surface area contributed by atoms with E-state index in [0.717, 1.165) is 46.8 Å². The van der Waals surface area contributed by atoms with Crippen LogP contribution in [0.2, 0.25) is 0 Å². The van der Waals surface area contributed by atoms with Gasteiger partial charge in [-0.3, -0.25) is 9.69 Å². The number of nitrogens with zero attached hydrogens (tertiary/aromatic N) is 5. The predicted octanol–water partition coefficient (Wildman–Crippen LogP) is 6.87. The number of aromatic nitrogens is 3. The van der Waals surface area contributed by atoms with E-state index in [1.165, 1.54) is 40.2 Å². The maximum absolute atomic E-state index is 14.9. The number of anilines is 1. The Balaban J connectivity index is 1.24. The first-order chi connectivity index (χ1) is 20.9. The summed E-state index contributed by atoms with van der Waals surface area (Å²) in [7, 11) is 0. The Hall–Kier alpha value is -4.98. The second-order valence-electron chi connectivity index (χ2n) is 9.73. The second kappa shape index (κ2) is 12.3. The Bertz CT molecular complexity index is 1760. The summed E-state index contributed by atoms with van der Waals surface area (Å²) in [5.74, 6) is -0.870. The number of benzene rings is 3. The monoisotopic (exact) mass is 624 g/mol. The van der Waals surface area contributed by atoms with Crippen molar-refractivity contribution >= 4 is 40.4 Å². The molecule has 4 aromatic rings. The van der Waals surface area contributed by atoms with Crippen molar-refractivity contribution in [3.05, 3.63) is 95.4 Å². The van der Waals surface area contributed by atoms with E-state index in [2.05, 4.69) is 25.1 Å². The van der Waals surface area contributed by atoms with Gasteiger partial charge in [0.25, 0.3) is 0 Å². The summed E-state index contributed by atoms with van der Waals surface area (Å²) < 4.78 is 57.3. The van der Waals surface area contributed by atoms with Crippen LogP contribution < -0.4 is 15.0 Å². The molecule has 0 unspecified atom stereocenters. The second-order valence-corrected chi connectivity index (χ2v) is 10.7. The number of aliphatic imine (C=N–C) groups is 1. The Morgan fingerprint density at radius 1 is 1.05 bits per heavy atom. The number of amidine groups is 1. The van der Waals surface area contributed by atoms with Gasteiger partial charge in [-0.1, -0.05) is 53.7 Å². The summed E-state index contributed by atoms with van der Waals surface area (Å²) in [4.78, 5) is 34.8. The molecule has 1 fully saturated rings. The molecule has 1 aliphatic rings. The van der Waals surface area contributed by atoms with Crippen LogP contribution in [0.3, 0.4) is 0 Å². The zero-order valence-corrected chi connectivity index (χ0v) is 24.3. The summed E-state index contributed by atoms with van der Waals surface area (Å²) in [5, 5.41) is 6.83. The van der Waals surface area contributed by atoms with Crippen molar-refractivity contribution < 1.29 is 31.9 Å². The van der Waals surface area contributed by atoms with E-state index in [-0.39, 0.29) is 28.1 Å². The number of carbonyl (C=O) groups excluding carboxylic acids is 2. The van der Waals surface area contributed by atoms with Crippen LogP contribution in [0.15, 0.2) is 78.2 Å². The highest BCUT2D eigenvalue weighted by atomic mass is 32.2. The minimum Gasteiger partial charge on any atom is -0.406 e. The topological polar surface area (TPSA) is 102 Å². The first kappa shape index (κ1) is 30.5. The molecule has 1 N–H and O–H groups in total. The van der Waals surface area contributed by atoms with E-state index >= 15 is 0 Å². The number of carbonyl (C=O) groups is 2. The quantitative estimate of drug-likeness (QED) is 0.235. The molecular weight excluding hydrogens is 600 g/mol. The average molecular weight is 625 g/mol. The summed E-state index contributed by atoms with van der Waals surface area (Å²) in [5.41, 5.74) is 4.64. The Labute approximate surface area is 253 Å². The highest BCUT2D eigenvalue weighted by molar-refractivity contribution is 8.15. The number of thioether (sulfide) groups is 1. The van der Waals surface area contributed by atoms with E-state index in [9.17, 15) is 27.2 Å². The molecule has 0 aliphatic carbocycles. The molecule has 3 aromatic carbocycles. The lowest BCUT2D eigenvalue weighted by Gasteiger charge is -2.21. The number of amides is 3. The molecule has 226 valence electrons. The van der Waals surface area contributed by atoms with Gasteiger partial charge >= 0.3 is 12.4 Å². The van der Waals surface area contributed by atoms with Gasteiger partial charge < -0.3 is 10.1 Å². The van der Waals surface area contributed by atoms with Gasteiger partial charge in [-0.25, -0.2) is 18.9 Å². The number of ether oxygens (including phenoxy) is 1. The molecule has 1 saturated heterocycles. The molecular formula is C30H24F4N6O3S. The lowest BCUT2D eigenvalue weighted by molar-refractivity contribution is -0.274. The van der Waals surface area contributed by atoms with Gasteiger partial charge in [0.15, 0.2) is 11.0 Å². The average Bonchev–Trinajstić information content (AvgIpc) is 3.59. The van der Waals surface area contributed by atoms with Crippen molar-refractivity contribution in [3.63, 3.8) is 0 Å².